The van der Waals surface area contributed by atoms with Gasteiger partial charge in [0, 0.05) is 11.6 Å². The Hall–Kier alpha value is -1.59. The van der Waals surface area contributed by atoms with Gasteiger partial charge >= 0.3 is 12.0 Å². The molecule has 2 unspecified atom stereocenters. The molecule has 0 aromatic rings. The summed E-state index contributed by atoms with van der Waals surface area (Å²) < 4.78 is 0. The number of carbonyl (C=O) groups excluding carboxylic acids is 1. The number of urea groups is 1. The van der Waals surface area contributed by atoms with E-state index in [2.05, 4.69) is 10.5 Å². The van der Waals surface area contributed by atoms with Gasteiger partial charge in [0.15, 0.2) is 0 Å². The van der Waals surface area contributed by atoms with Gasteiger partial charge in [-0.05, 0) is 12.8 Å². The number of hydrogen-bond donors (Lipinski definition) is 3. The van der Waals surface area contributed by atoms with Crippen molar-refractivity contribution in [1.29, 1.82) is 0 Å². The van der Waals surface area contributed by atoms with E-state index in [9.17, 15) is 9.59 Å². The maximum atomic E-state index is 10.7. The average molecular weight is 199 g/mol. The predicted octanol–water partition coefficient (Wildman–Crippen LogP) is 0.141. The normalized spacial score (nSPS) is 29.1. The molecule has 0 bridgehead atoms. The van der Waals surface area contributed by atoms with Crippen molar-refractivity contribution in [2.24, 2.45) is 22.7 Å². The van der Waals surface area contributed by atoms with Gasteiger partial charge in [-0.3, -0.25) is 4.79 Å². The lowest BCUT2D eigenvalue weighted by Gasteiger charge is -2.09. The number of hydrazone groups is 1. The van der Waals surface area contributed by atoms with Crippen LogP contribution in [0, 0.1) is 11.8 Å². The summed E-state index contributed by atoms with van der Waals surface area (Å²) in [5.41, 5.74) is 7.64. The van der Waals surface area contributed by atoms with Gasteiger partial charge in [0.05, 0.1) is 5.92 Å². The third-order valence-corrected chi connectivity index (χ3v) is 2.47. The van der Waals surface area contributed by atoms with Crippen LogP contribution in [-0.4, -0.2) is 22.8 Å². The van der Waals surface area contributed by atoms with E-state index in [1.807, 2.05) is 0 Å². The molecule has 1 aliphatic carbocycles. The van der Waals surface area contributed by atoms with Crippen LogP contribution in [0.25, 0.3) is 0 Å². The lowest BCUT2D eigenvalue weighted by molar-refractivity contribution is -0.142. The molecule has 4 N–H and O–H groups in total. The predicted molar refractivity (Wildman–Crippen MR) is 49.7 cm³/mol. The fourth-order valence-electron chi connectivity index (χ4n) is 1.64. The lowest BCUT2D eigenvalue weighted by atomic mass is 9.98. The molecule has 78 valence electrons. The van der Waals surface area contributed by atoms with Crippen molar-refractivity contribution in [3.8, 4) is 0 Å². The summed E-state index contributed by atoms with van der Waals surface area (Å²) in [5.74, 6) is -1.36. The highest BCUT2D eigenvalue weighted by atomic mass is 16.4. The second kappa shape index (κ2) is 4.08. The monoisotopic (exact) mass is 199 g/mol. The van der Waals surface area contributed by atoms with Crippen LogP contribution in [0.2, 0.25) is 0 Å². The molecule has 0 aliphatic heterocycles. The standard InChI is InChI=1S/C8H13N3O3/c1-4-5(7(12)13)2-3-6(4)10-11-8(9)14/h4-5H,2-3H2,1H3,(H,12,13)(H3,9,11,14)/b10-6+. The third-order valence-electron chi connectivity index (χ3n) is 2.47. The first-order chi connectivity index (χ1) is 6.52. The number of nitrogens with zero attached hydrogens (tertiary/aromatic N) is 1. The van der Waals surface area contributed by atoms with Crippen molar-refractivity contribution >= 4 is 17.7 Å². The zero-order valence-electron chi connectivity index (χ0n) is 7.86. The van der Waals surface area contributed by atoms with E-state index in [4.69, 9.17) is 10.8 Å². The van der Waals surface area contributed by atoms with Crippen molar-refractivity contribution in [2.45, 2.75) is 19.8 Å². The summed E-state index contributed by atoms with van der Waals surface area (Å²) in [6, 6.07) is -0.733. The third kappa shape index (κ3) is 2.21. The van der Waals surface area contributed by atoms with E-state index in [0.717, 1.165) is 0 Å². The van der Waals surface area contributed by atoms with E-state index in [-0.39, 0.29) is 5.92 Å². The van der Waals surface area contributed by atoms with Crippen molar-refractivity contribution in [1.82, 2.24) is 5.43 Å². The number of rotatable bonds is 2. The molecule has 6 heteroatoms. The van der Waals surface area contributed by atoms with Gasteiger partial charge in [-0.2, -0.15) is 5.10 Å². The Morgan fingerprint density at radius 3 is 2.71 bits per heavy atom. The van der Waals surface area contributed by atoms with Crippen molar-refractivity contribution < 1.29 is 14.7 Å². The van der Waals surface area contributed by atoms with E-state index in [1.54, 1.807) is 6.92 Å². The SMILES string of the molecule is CC1/C(=N/NC(N)=O)CCC1C(=O)O. The summed E-state index contributed by atoms with van der Waals surface area (Å²) in [6.07, 6.45) is 1.16. The molecule has 0 aromatic carbocycles. The minimum Gasteiger partial charge on any atom is -0.481 e. The van der Waals surface area contributed by atoms with Gasteiger partial charge in [-0.25, -0.2) is 10.2 Å². The molecule has 0 heterocycles. The van der Waals surface area contributed by atoms with Crippen LogP contribution in [0.1, 0.15) is 19.8 Å². The quantitative estimate of drug-likeness (QED) is 0.551. The van der Waals surface area contributed by atoms with Crippen LogP contribution < -0.4 is 11.2 Å². The Labute approximate surface area is 81.2 Å². The number of carboxylic acids is 1. The zero-order chi connectivity index (χ0) is 10.7. The second-order valence-electron chi connectivity index (χ2n) is 3.35. The number of nitrogens with two attached hydrogens (primary N) is 1. The lowest BCUT2D eigenvalue weighted by Crippen LogP contribution is -2.27. The molecular weight excluding hydrogens is 186 g/mol. The molecule has 0 spiro atoms. The smallest absolute Gasteiger partial charge is 0.332 e. The molecule has 0 radical (unpaired) electrons. The zero-order valence-corrected chi connectivity index (χ0v) is 7.86. The first-order valence-electron chi connectivity index (χ1n) is 4.37. The van der Waals surface area contributed by atoms with Gasteiger partial charge in [-0.15, -0.1) is 0 Å². The summed E-state index contributed by atoms with van der Waals surface area (Å²) in [5, 5.41) is 12.6. The summed E-state index contributed by atoms with van der Waals surface area (Å²) in [7, 11) is 0. The number of amides is 2. The van der Waals surface area contributed by atoms with Crippen LogP contribution in [0.4, 0.5) is 4.79 Å². The Morgan fingerprint density at radius 2 is 2.29 bits per heavy atom. The molecule has 1 saturated carbocycles. The summed E-state index contributed by atoms with van der Waals surface area (Å²) in [6.45, 7) is 1.79. The second-order valence-corrected chi connectivity index (χ2v) is 3.35. The van der Waals surface area contributed by atoms with Crippen LogP contribution in [0.5, 0.6) is 0 Å². The highest BCUT2D eigenvalue weighted by Crippen LogP contribution is 2.29. The number of hydrogen-bond acceptors (Lipinski definition) is 3. The molecule has 6 nitrogen and oxygen atoms in total. The molecule has 2 atom stereocenters. The van der Waals surface area contributed by atoms with Crippen molar-refractivity contribution in [2.75, 3.05) is 0 Å². The Balaban J connectivity index is 2.63. The van der Waals surface area contributed by atoms with Gasteiger partial charge in [0.25, 0.3) is 0 Å². The van der Waals surface area contributed by atoms with Gasteiger partial charge in [-0.1, -0.05) is 6.92 Å². The molecule has 2 amide bonds. The van der Waals surface area contributed by atoms with E-state index >= 15 is 0 Å². The summed E-state index contributed by atoms with van der Waals surface area (Å²) >= 11 is 0. The number of aliphatic carboxylic acids is 1. The first-order valence-corrected chi connectivity index (χ1v) is 4.37. The van der Waals surface area contributed by atoms with Crippen LogP contribution in [-0.2, 0) is 4.79 Å². The molecule has 0 aromatic heterocycles. The molecule has 14 heavy (non-hydrogen) atoms. The Kier molecular flexibility index (Phi) is 3.06. The largest absolute Gasteiger partial charge is 0.481 e. The van der Waals surface area contributed by atoms with Gasteiger partial charge < -0.3 is 10.8 Å². The van der Waals surface area contributed by atoms with E-state index in [1.165, 1.54) is 0 Å². The number of nitrogens with one attached hydrogen (secondary N) is 1. The average Bonchev–Trinajstić information content (AvgIpc) is 2.43. The van der Waals surface area contributed by atoms with E-state index in [0.29, 0.717) is 18.6 Å². The molecular formula is C8H13N3O3. The maximum absolute atomic E-state index is 10.7. The number of carbonyl (C=O) groups is 2. The van der Waals surface area contributed by atoms with E-state index < -0.39 is 17.9 Å². The van der Waals surface area contributed by atoms with Crippen molar-refractivity contribution in [3.63, 3.8) is 0 Å². The minimum absolute atomic E-state index is 0.139. The first kappa shape index (κ1) is 10.5. The number of carboxylic acid groups (broad SMARTS) is 1. The highest BCUT2D eigenvalue weighted by Gasteiger charge is 2.34. The maximum Gasteiger partial charge on any atom is 0.332 e. The van der Waals surface area contributed by atoms with Crippen molar-refractivity contribution in [3.05, 3.63) is 0 Å². The van der Waals surface area contributed by atoms with Gasteiger partial charge in [0.1, 0.15) is 0 Å². The fraction of sp³-hybridized carbons (Fsp3) is 0.625. The molecule has 1 aliphatic rings. The topological polar surface area (TPSA) is 105 Å². The highest BCUT2D eigenvalue weighted by molar-refractivity contribution is 5.93. The van der Waals surface area contributed by atoms with Crippen LogP contribution >= 0.6 is 0 Å². The Bertz CT molecular complexity index is 288. The molecule has 0 saturated heterocycles. The van der Waals surface area contributed by atoms with Crippen LogP contribution in [0.15, 0.2) is 5.10 Å². The fourth-order valence-corrected chi connectivity index (χ4v) is 1.64. The van der Waals surface area contributed by atoms with Crippen LogP contribution in [0.3, 0.4) is 0 Å². The molecule has 1 fully saturated rings. The molecule has 1 rings (SSSR count). The minimum atomic E-state index is -0.818. The Morgan fingerprint density at radius 1 is 1.64 bits per heavy atom. The van der Waals surface area contributed by atoms with Gasteiger partial charge in [0.2, 0.25) is 0 Å². The number of primary amides is 1. The summed E-state index contributed by atoms with van der Waals surface area (Å²) in [4.78, 5) is 21.1.